The van der Waals surface area contributed by atoms with Crippen LogP contribution in [0.5, 0.6) is 0 Å². The molecule has 0 unspecified atom stereocenters. The molecular weight excluding hydrogens is 220 g/mol. The van der Waals surface area contributed by atoms with Crippen molar-refractivity contribution in [3.8, 4) is 0 Å². The van der Waals surface area contributed by atoms with E-state index < -0.39 is 0 Å². The molecule has 0 aromatic rings. The van der Waals surface area contributed by atoms with Crippen LogP contribution in [0.1, 0.15) is 86.0 Å². The molecule has 0 saturated heterocycles. The molecule has 0 heterocycles. The summed E-state index contributed by atoms with van der Waals surface area (Å²) < 4.78 is 0. The fourth-order valence-corrected chi connectivity index (χ4v) is 2.42. The molecule has 0 radical (unpaired) electrons. The molecule has 0 aromatic heterocycles. The van der Waals surface area contributed by atoms with Gasteiger partial charge in [0.1, 0.15) is 5.78 Å². The summed E-state index contributed by atoms with van der Waals surface area (Å²) in [7, 11) is 0. The van der Waals surface area contributed by atoms with E-state index in [1.165, 1.54) is 38.5 Å². The predicted octanol–water partition coefficient (Wildman–Crippen LogP) is 5.62. The third kappa shape index (κ3) is 12.1. The van der Waals surface area contributed by atoms with E-state index in [0.29, 0.717) is 5.78 Å². The van der Waals surface area contributed by atoms with E-state index >= 15 is 0 Å². The Morgan fingerprint density at radius 2 is 1.28 bits per heavy atom. The third-order valence-corrected chi connectivity index (χ3v) is 3.86. The number of rotatable bonds is 11. The standard InChI is InChI=1S/C17H34O/c1-14(2)12-13-16(4)9-6-8-15(3)10-7-11-17(5)18/h14-16H,6-13H2,1-5H3/t15-,16-/m1/s1. The van der Waals surface area contributed by atoms with Gasteiger partial charge in [0.25, 0.3) is 0 Å². The second kappa shape index (κ2) is 10.6. The molecule has 18 heavy (non-hydrogen) atoms. The van der Waals surface area contributed by atoms with Gasteiger partial charge in [-0.3, -0.25) is 0 Å². The van der Waals surface area contributed by atoms with Gasteiger partial charge in [-0.15, -0.1) is 0 Å². The SMILES string of the molecule is CC(=O)CCC[C@H](C)CCC[C@@H](C)CCC(C)C. The summed E-state index contributed by atoms with van der Waals surface area (Å²) in [4.78, 5) is 10.9. The first kappa shape index (κ1) is 17.7. The normalized spacial score (nSPS) is 14.8. The maximum absolute atomic E-state index is 10.9. The van der Waals surface area contributed by atoms with Gasteiger partial charge in [-0.25, -0.2) is 0 Å². The van der Waals surface area contributed by atoms with Crippen molar-refractivity contribution in [3.05, 3.63) is 0 Å². The zero-order chi connectivity index (χ0) is 14.0. The first-order valence-electron chi connectivity index (χ1n) is 7.91. The van der Waals surface area contributed by atoms with Crippen molar-refractivity contribution >= 4 is 5.78 Å². The van der Waals surface area contributed by atoms with Crippen molar-refractivity contribution in [2.45, 2.75) is 86.0 Å². The van der Waals surface area contributed by atoms with Crippen LogP contribution >= 0.6 is 0 Å². The minimum atomic E-state index is 0.338. The molecule has 0 aliphatic rings. The van der Waals surface area contributed by atoms with E-state index in [9.17, 15) is 4.79 Å². The number of hydrogen-bond donors (Lipinski definition) is 0. The number of Topliss-reactive ketones (excluding diaryl/α,β-unsaturated/α-hetero) is 1. The lowest BCUT2D eigenvalue weighted by molar-refractivity contribution is -0.117. The fraction of sp³-hybridized carbons (Fsp3) is 0.941. The van der Waals surface area contributed by atoms with Gasteiger partial charge < -0.3 is 4.79 Å². The van der Waals surface area contributed by atoms with Gasteiger partial charge in [0.05, 0.1) is 0 Å². The Morgan fingerprint density at radius 1 is 0.778 bits per heavy atom. The lowest BCUT2D eigenvalue weighted by Crippen LogP contribution is -2.01. The highest BCUT2D eigenvalue weighted by molar-refractivity contribution is 5.75. The summed E-state index contributed by atoms with van der Waals surface area (Å²) in [5.41, 5.74) is 0. The van der Waals surface area contributed by atoms with Crippen molar-refractivity contribution in [3.63, 3.8) is 0 Å². The molecule has 0 rings (SSSR count). The summed E-state index contributed by atoms with van der Waals surface area (Å²) in [6, 6.07) is 0. The van der Waals surface area contributed by atoms with Crippen LogP contribution in [0.15, 0.2) is 0 Å². The van der Waals surface area contributed by atoms with E-state index in [2.05, 4.69) is 27.7 Å². The smallest absolute Gasteiger partial charge is 0.129 e. The zero-order valence-corrected chi connectivity index (χ0v) is 13.3. The van der Waals surface area contributed by atoms with Gasteiger partial charge in [-0.1, -0.05) is 66.2 Å². The Kier molecular flexibility index (Phi) is 10.4. The molecule has 0 N–H and O–H groups in total. The van der Waals surface area contributed by atoms with E-state index in [1.807, 2.05) is 0 Å². The minimum absolute atomic E-state index is 0.338. The van der Waals surface area contributed by atoms with E-state index in [0.717, 1.165) is 30.6 Å². The molecular formula is C17H34O. The highest BCUT2D eigenvalue weighted by Gasteiger charge is 2.07. The van der Waals surface area contributed by atoms with Crippen LogP contribution in [-0.4, -0.2) is 5.78 Å². The number of carbonyl (C=O) groups excluding carboxylic acids is 1. The van der Waals surface area contributed by atoms with Gasteiger partial charge in [0.2, 0.25) is 0 Å². The van der Waals surface area contributed by atoms with Gasteiger partial charge in [0.15, 0.2) is 0 Å². The molecule has 0 saturated carbocycles. The maximum atomic E-state index is 10.9. The van der Waals surface area contributed by atoms with Crippen LogP contribution in [0, 0.1) is 17.8 Å². The molecule has 0 aliphatic carbocycles. The summed E-state index contributed by atoms with van der Waals surface area (Å²) in [5.74, 6) is 2.86. The highest BCUT2D eigenvalue weighted by Crippen LogP contribution is 2.21. The predicted molar refractivity (Wildman–Crippen MR) is 80.8 cm³/mol. The molecule has 1 nitrogen and oxygen atoms in total. The van der Waals surface area contributed by atoms with Gasteiger partial charge in [0, 0.05) is 6.42 Å². The fourth-order valence-electron chi connectivity index (χ4n) is 2.42. The molecule has 108 valence electrons. The van der Waals surface area contributed by atoms with Crippen LogP contribution in [0.25, 0.3) is 0 Å². The topological polar surface area (TPSA) is 17.1 Å². The third-order valence-electron chi connectivity index (χ3n) is 3.86. The van der Waals surface area contributed by atoms with Crippen molar-refractivity contribution < 1.29 is 4.79 Å². The first-order chi connectivity index (χ1) is 8.41. The summed E-state index contributed by atoms with van der Waals surface area (Å²) in [6.45, 7) is 11.0. The van der Waals surface area contributed by atoms with Crippen molar-refractivity contribution in [1.29, 1.82) is 0 Å². The van der Waals surface area contributed by atoms with Crippen LogP contribution in [-0.2, 0) is 4.79 Å². The Labute approximate surface area is 115 Å². The number of hydrogen-bond acceptors (Lipinski definition) is 1. The molecule has 0 amide bonds. The van der Waals surface area contributed by atoms with Gasteiger partial charge >= 0.3 is 0 Å². The lowest BCUT2D eigenvalue weighted by atomic mass is 9.91. The Morgan fingerprint density at radius 3 is 1.78 bits per heavy atom. The Balaban J connectivity index is 3.43. The molecule has 0 spiro atoms. The second-order valence-corrected chi connectivity index (χ2v) is 6.71. The Hall–Kier alpha value is -0.330. The van der Waals surface area contributed by atoms with Gasteiger partial charge in [-0.2, -0.15) is 0 Å². The molecule has 1 heteroatoms. The average Bonchev–Trinajstić information content (AvgIpc) is 2.25. The average molecular weight is 254 g/mol. The van der Waals surface area contributed by atoms with Crippen LogP contribution in [0.2, 0.25) is 0 Å². The zero-order valence-electron chi connectivity index (χ0n) is 13.3. The largest absolute Gasteiger partial charge is 0.300 e. The highest BCUT2D eigenvalue weighted by atomic mass is 16.1. The second-order valence-electron chi connectivity index (χ2n) is 6.71. The van der Waals surface area contributed by atoms with Crippen molar-refractivity contribution in [1.82, 2.24) is 0 Å². The van der Waals surface area contributed by atoms with Crippen LogP contribution in [0.4, 0.5) is 0 Å². The Bertz CT molecular complexity index is 208. The van der Waals surface area contributed by atoms with Crippen LogP contribution in [0.3, 0.4) is 0 Å². The quantitative estimate of drug-likeness (QED) is 0.467. The van der Waals surface area contributed by atoms with Gasteiger partial charge in [-0.05, 0) is 31.1 Å². The summed E-state index contributed by atoms with van der Waals surface area (Å²) in [5, 5.41) is 0. The molecule has 0 fully saturated rings. The van der Waals surface area contributed by atoms with E-state index in [4.69, 9.17) is 0 Å². The maximum Gasteiger partial charge on any atom is 0.129 e. The molecule has 0 aliphatic heterocycles. The van der Waals surface area contributed by atoms with Crippen molar-refractivity contribution in [2.75, 3.05) is 0 Å². The lowest BCUT2D eigenvalue weighted by Gasteiger charge is -2.15. The van der Waals surface area contributed by atoms with Crippen LogP contribution < -0.4 is 0 Å². The molecule has 0 bridgehead atoms. The summed E-state index contributed by atoms with van der Waals surface area (Å²) >= 11 is 0. The van der Waals surface area contributed by atoms with E-state index in [-0.39, 0.29) is 0 Å². The minimum Gasteiger partial charge on any atom is -0.300 e. The molecule has 2 atom stereocenters. The summed E-state index contributed by atoms with van der Waals surface area (Å²) in [6.07, 6.45) is 9.91. The van der Waals surface area contributed by atoms with E-state index in [1.54, 1.807) is 6.92 Å². The first-order valence-corrected chi connectivity index (χ1v) is 7.91. The van der Waals surface area contributed by atoms with Crippen molar-refractivity contribution in [2.24, 2.45) is 17.8 Å². The monoisotopic (exact) mass is 254 g/mol. The number of carbonyl (C=O) groups is 1. The molecule has 0 aromatic carbocycles. The number of ketones is 1.